The van der Waals surface area contributed by atoms with Gasteiger partial charge >= 0.3 is 0 Å². The first-order valence-corrected chi connectivity index (χ1v) is 13.6. The van der Waals surface area contributed by atoms with Crippen molar-refractivity contribution in [2.45, 2.75) is 115 Å². The van der Waals surface area contributed by atoms with Gasteiger partial charge in [0.25, 0.3) is 0 Å². The summed E-state index contributed by atoms with van der Waals surface area (Å²) in [5.74, 6) is 0.354. The standard InChI is InChI=1S/C25H54N8O2/c1-30-18-14-15-21(22(34)16-10-6-2-4-8-12-19-31-24(26)27)33-23(35)17-11-7-3-5-9-13-20-32-25(28)29/h21-22,30,34H,2-20H2,1H3,(H,33,35)(H4,26,27,31)(H4,28,29,32)/t21-,22+/m0/s1. The van der Waals surface area contributed by atoms with Crippen molar-refractivity contribution in [2.75, 3.05) is 26.7 Å². The van der Waals surface area contributed by atoms with E-state index in [1.165, 1.54) is 0 Å². The quantitative estimate of drug-likeness (QED) is 0.0599. The number of carbonyl (C=O) groups excluding carboxylic acids is 1. The number of nitrogens with one attached hydrogen (secondary N) is 2. The summed E-state index contributed by atoms with van der Waals surface area (Å²) in [6.45, 7) is 2.25. The zero-order chi connectivity index (χ0) is 26.2. The van der Waals surface area contributed by atoms with E-state index in [0.29, 0.717) is 19.5 Å². The predicted octanol–water partition coefficient (Wildman–Crippen LogP) is 1.84. The Morgan fingerprint density at radius 3 is 1.71 bits per heavy atom. The van der Waals surface area contributed by atoms with Crippen LogP contribution in [0.1, 0.15) is 103 Å². The maximum absolute atomic E-state index is 12.5. The molecule has 11 N–H and O–H groups in total. The zero-order valence-corrected chi connectivity index (χ0v) is 22.1. The van der Waals surface area contributed by atoms with E-state index < -0.39 is 6.10 Å². The number of rotatable bonds is 24. The zero-order valence-electron chi connectivity index (χ0n) is 22.1. The smallest absolute Gasteiger partial charge is 0.220 e. The van der Waals surface area contributed by atoms with E-state index in [9.17, 15) is 9.90 Å². The molecule has 0 aliphatic heterocycles. The molecule has 0 unspecified atom stereocenters. The predicted molar refractivity (Wildman–Crippen MR) is 147 cm³/mol. The van der Waals surface area contributed by atoms with Gasteiger partial charge in [-0.05, 0) is 52.1 Å². The summed E-state index contributed by atoms with van der Waals surface area (Å²) >= 11 is 0. The number of aliphatic hydroxyl groups excluding tert-OH is 1. The third kappa shape index (κ3) is 23.4. The summed E-state index contributed by atoms with van der Waals surface area (Å²) < 4.78 is 0. The molecule has 0 aromatic carbocycles. The number of aliphatic hydroxyl groups is 1. The molecule has 1 amide bonds. The van der Waals surface area contributed by atoms with E-state index in [1.807, 2.05) is 7.05 Å². The van der Waals surface area contributed by atoms with Crippen LogP contribution in [-0.2, 0) is 4.79 Å². The topological polar surface area (TPSA) is 190 Å². The molecular formula is C25H54N8O2. The largest absolute Gasteiger partial charge is 0.391 e. The van der Waals surface area contributed by atoms with Crippen molar-refractivity contribution in [2.24, 2.45) is 32.9 Å². The highest BCUT2D eigenvalue weighted by atomic mass is 16.3. The molecule has 0 aromatic rings. The summed E-state index contributed by atoms with van der Waals surface area (Å²) in [6, 6.07) is -0.175. The number of carbonyl (C=O) groups is 1. The minimum atomic E-state index is -0.497. The Hall–Kier alpha value is -2.07. The van der Waals surface area contributed by atoms with Gasteiger partial charge in [0.05, 0.1) is 12.1 Å². The molecule has 0 aromatic heterocycles. The third-order valence-corrected chi connectivity index (χ3v) is 6.06. The first kappa shape index (κ1) is 32.9. The summed E-state index contributed by atoms with van der Waals surface area (Å²) in [6.07, 6.45) is 15.1. The number of nitrogens with two attached hydrogens (primary N) is 4. The fraction of sp³-hybridized carbons (Fsp3) is 0.880. The van der Waals surface area contributed by atoms with Crippen LogP contribution in [0.5, 0.6) is 0 Å². The molecule has 35 heavy (non-hydrogen) atoms. The molecule has 0 radical (unpaired) electrons. The summed E-state index contributed by atoms with van der Waals surface area (Å²) in [4.78, 5) is 20.4. The second-order valence-electron chi connectivity index (χ2n) is 9.38. The van der Waals surface area contributed by atoms with Crippen molar-refractivity contribution in [3.05, 3.63) is 0 Å². The lowest BCUT2D eigenvalue weighted by Gasteiger charge is -2.24. The van der Waals surface area contributed by atoms with Crippen LogP contribution in [0, 0.1) is 0 Å². The second-order valence-corrected chi connectivity index (χ2v) is 9.38. The van der Waals surface area contributed by atoms with Crippen LogP contribution in [0.4, 0.5) is 0 Å². The fourth-order valence-corrected chi connectivity index (χ4v) is 4.03. The van der Waals surface area contributed by atoms with Gasteiger partial charge in [-0.3, -0.25) is 14.8 Å². The summed E-state index contributed by atoms with van der Waals surface area (Å²) in [5, 5.41) is 17.0. The Bertz CT molecular complexity index is 564. The third-order valence-electron chi connectivity index (χ3n) is 6.06. The maximum Gasteiger partial charge on any atom is 0.220 e. The van der Waals surface area contributed by atoms with Gasteiger partial charge in [0.1, 0.15) is 0 Å². The first-order chi connectivity index (χ1) is 16.9. The van der Waals surface area contributed by atoms with Gasteiger partial charge in [-0.1, -0.05) is 57.8 Å². The Morgan fingerprint density at radius 1 is 0.714 bits per heavy atom. The first-order valence-electron chi connectivity index (χ1n) is 13.6. The number of unbranched alkanes of at least 4 members (excludes halogenated alkanes) is 10. The highest BCUT2D eigenvalue weighted by molar-refractivity contribution is 5.76. The fourth-order valence-electron chi connectivity index (χ4n) is 4.03. The molecule has 0 aliphatic carbocycles. The highest BCUT2D eigenvalue weighted by Gasteiger charge is 2.20. The highest BCUT2D eigenvalue weighted by Crippen LogP contribution is 2.14. The molecule has 0 fully saturated rings. The lowest BCUT2D eigenvalue weighted by atomic mass is 9.98. The molecule has 206 valence electrons. The number of amides is 1. The van der Waals surface area contributed by atoms with E-state index >= 15 is 0 Å². The number of guanidine groups is 2. The van der Waals surface area contributed by atoms with Crippen LogP contribution < -0.4 is 33.6 Å². The van der Waals surface area contributed by atoms with Crippen LogP contribution in [0.25, 0.3) is 0 Å². The number of nitrogens with zero attached hydrogens (tertiary/aromatic N) is 2. The molecule has 2 atom stereocenters. The molecular weight excluding hydrogens is 444 g/mol. The lowest BCUT2D eigenvalue weighted by Crippen LogP contribution is -2.43. The van der Waals surface area contributed by atoms with Crippen molar-refractivity contribution in [1.29, 1.82) is 0 Å². The van der Waals surface area contributed by atoms with Crippen LogP contribution in [0.3, 0.4) is 0 Å². The van der Waals surface area contributed by atoms with Gasteiger partial charge in [0.2, 0.25) is 5.91 Å². The molecule has 0 saturated carbocycles. The molecule has 0 rings (SSSR count). The minimum absolute atomic E-state index is 0.0482. The minimum Gasteiger partial charge on any atom is -0.391 e. The molecule has 0 spiro atoms. The Labute approximate surface area is 213 Å². The SMILES string of the molecule is CNCCC[C@H](NC(=O)CCCCCCCCN=C(N)N)[C@H](O)CCCCCCCCN=C(N)N. The molecule has 0 heterocycles. The van der Waals surface area contributed by atoms with E-state index in [-0.39, 0.29) is 23.9 Å². The number of aliphatic imine (C=N–C) groups is 2. The number of hydrogen-bond donors (Lipinski definition) is 7. The Balaban J connectivity index is 4.04. The monoisotopic (exact) mass is 498 g/mol. The summed E-state index contributed by atoms with van der Waals surface area (Å²) in [7, 11) is 1.92. The maximum atomic E-state index is 12.5. The van der Waals surface area contributed by atoms with Gasteiger partial charge in [-0.2, -0.15) is 0 Å². The van der Waals surface area contributed by atoms with Crippen molar-refractivity contribution in [3.63, 3.8) is 0 Å². The second kappa shape index (κ2) is 23.7. The average Bonchev–Trinajstić information content (AvgIpc) is 2.80. The normalized spacial score (nSPS) is 12.6. The van der Waals surface area contributed by atoms with Crippen molar-refractivity contribution < 1.29 is 9.90 Å². The van der Waals surface area contributed by atoms with E-state index in [1.54, 1.807) is 0 Å². The Kier molecular flexibility index (Phi) is 22.3. The van der Waals surface area contributed by atoms with Crippen LogP contribution in [0.2, 0.25) is 0 Å². The van der Waals surface area contributed by atoms with E-state index in [2.05, 4.69) is 20.6 Å². The van der Waals surface area contributed by atoms with E-state index in [4.69, 9.17) is 22.9 Å². The van der Waals surface area contributed by atoms with E-state index in [0.717, 1.165) is 103 Å². The lowest BCUT2D eigenvalue weighted by molar-refractivity contribution is -0.122. The van der Waals surface area contributed by atoms with Crippen LogP contribution in [0.15, 0.2) is 9.98 Å². The molecule has 0 aliphatic rings. The molecule has 0 saturated heterocycles. The van der Waals surface area contributed by atoms with Crippen molar-refractivity contribution >= 4 is 17.8 Å². The average molecular weight is 499 g/mol. The van der Waals surface area contributed by atoms with Crippen LogP contribution >= 0.6 is 0 Å². The molecule has 10 heteroatoms. The van der Waals surface area contributed by atoms with Gasteiger partial charge in [0.15, 0.2) is 11.9 Å². The van der Waals surface area contributed by atoms with Crippen molar-refractivity contribution in [1.82, 2.24) is 10.6 Å². The summed E-state index contributed by atoms with van der Waals surface area (Å²) in [5.41, 5.74) is 21.3. The van der Waals surface area contributed by atoms with Gasteiger partial charge in [0, 0.05) is 19.5 Å². The van der Waals surface area contributed by atoms with Gasteiger partial charge < -0.3 is 38.7 Å². The van der Waals surface area contributed by atoms with Gasteiger partial charge in [-0.25, -0.2) is 0 Å². The van der Waals surface area contributed by atoms with Crippen molar-refractivity contribution in [3.8, 4) is 0 Å². The van der Waals surface area contributed by atoms with Crippen LogP contribution in [-0.4, -0.2) is 61.8 Å². The number of hydrogen-bond acceptors (Lipinski definition) is 5. The molecule has 10 nitrogen and oxygen atoms in total. The van der Waals surface area contributed by atoms with Gasteiger partial charge in [-0.15, -0.1) is 0 Å². The molecule has 0 bridgehead atoms. The Morgan fingerprint density at radius 2 is 1.20 bits per heavy atom.